The summed E-state index contributed by atoms with van der Waals surface area (Å²) in [5.74, 6) is 0.292. The summed E-state index contributed by atoms with van der Waals surface area (Å²) >= 11 is 0. The number of nitrogens with one attached hydrogen (secondary N) is 1. The van der Waals surface area contributed by atoms with Crippen molar-refractivity contribution in [3.05, 3.63) is 48.5 Å². The molecule has 7 heteroatoms. The van der Waals surface area contributed by atoms with Gasteiger partial charge in [-0.25, -0.2) is 4.39 Å². The molecule has 1 aliphatic heterocycles. The molecule has 0 bridgehead atoms. The van der Waals surface area contributed by atoms with E-state index in [0.717, 1.165) is 25.9 Å². The van der Waals surface area contributed by atoms with E-state index < -0.39 is 0 Å². The van der Waals surface area contributed by atoms with Crippen molar-refractivity contribution in [1.82, 2.24) is 20.0 Å². The number of aromatic nitrogens is 2. The van der Waals surface area contributed by atoms with Crippen LogP contribution in [-0.2, 0) is 11.3 Å². The van der Waals surface area contributed by atoms with E-state index in [1.165, 1.54) is 12.1 Å². The lowest BCUT2D eigenvalue weighted by Gasteiger charge is -2.23. The van der Waals surface area contributed by atoms with Crippen molar-refractivity contribution in [2.24, 2.45) is 0 Å². The fourth-order valence-electron chi connectivity index (χ4n) is 3.06. The number of hydrogen-bond donors (Lipinski definition) is 1. The average molecular weight is 346 g/mol. The van der Waals surface area contributed by atoms with Crippen LogP contribution in [0.5, 0.6) is 5.75 Å². The van der Waals surface area contributed by atoms with Crippen LogP contribution in [0.25, 0.3) is 0 Å². The Kier molecular flexibility index (Phi) is 6.00. The van der Waals surface area contributed by atoms with Crippen LogP contribution in [0, 0.1) is 5.82 Å². The summed E-state index contributed by atoms with van der Waals surface area (Å²) in [7, 11) is 0. The number of nitrogens with zero attached hydrogens (tertiary/aromatic N) is 3. The number of ether oxygens (including phenoxy) is 1. The molecule has 1 aliphatic rings. The zero-order valence-electron chi connectivity index (χ0n) is 14.1. The molecule has 2 heterocycles. The Bertz CT molecular complexity index is 660. The smallest absolute Gasteiger partial charge is 0.234 e. The maximum absolute atomic E-state index is 12.8. The minimum atomic E-state index is -0.295. The molecule has 1 unspecified atom stereocenters. The standard InChI is InChI=1S/C18H23FN4O2/c19-15-4-6-17(7-5-15)25-12-9-20-18(24)14-22-10-1-3-16(22)13-23-11-2-8-21-23/h2,4-8,11,16H,1,3,9-10,12-14H2,(H,20,24). The Morgan fingerprint density at radius 3 is 2.96 bits per heavy atom. The van der Waals surface area contributed by atoms with E-state index in [1.54, 1.807) is 18.3 Å². The van der Waals surface area contributed by atoms with E-state index in [-0.39, 0.29) is 11.7 Å². The monoisotopic (exact) mass is 346 g/mol. The van der Waals surface area contributed by atoms with Crippen molar-refractivity contribution in [2.75, 3.05) is 26.2 Å². The van der Waals surface area contributed by atoms with Crippen molar-refractivity contribution in [2.45, 2.75) is 25.4 Å². The minimum absolute atomic E-state index is 0.00456. The Morgan fingerprint density at radius 1 is 1.36 bits per heavy atom. The highest BCUT2D eigenvalue weighted by molar-refractivity contribution is 5.78. The molecule has 1 saturated heterocycles. The van der Waals surface area contributed by atoms with Crippen molar-refractivity contribution >= 4 is 5.91 Å². The summed E-state index contributed by atoms with van der Waals surface area (Å²) in [6.45, 7) is 2.92. The third-order valence-corrected chi connectivity index (χ3v) is 4.31. The first-order chi connectivity index (χ1) is 12.2. The lowest BCUT2D eigenvalue weighted by molar-refractivity contribution is -0.122. The second kappa shape index (κ2) is 8.62. The van der Waals surface area contributed by atoms with Gasteiger partial charge >= 0.3 is 0 Å². The molecule has 3 rings (SSSR count). The van der Waals surface area contributed by atoms with E-state index in [1.807, 2.05) is 16.9 Å². The molecule has 25 heavy (non-hydrogen) atoms. The summed E-state index contributed by atoms with van der Waals surface area (Å²) in [5, 5.41) is 7.11. The molecule has 0 spiro atoms. The van der Waals surface area contributed by atoms with Gasteiger partial charge in [0, 0.05) is 18.4 Å². The van der Waals surface area contributed by atoms with Gasteiger partial charge in [-0.15, -0.1) is 0 Å². The van der Waals surface area contributed by atoms with Gasteiger partial charge in [0.25, 0.3) is 0 Å². The van der Waals surface area contributed by atoms with Crippen LogP contribution in [-0.4, -0.2) is 52.9 Å². The highest BCUT2D eigenvalue weighted by atomic mass is 19.1. The molecule has 0 saturated carbocycles. The summed E-state index contributed by atoms with van der Waals surface area (Å²) in [6.07, 6.45) is 5.91. The van der Waals surface area contributed by atoms with Crippen LogP contribution in [0.15, 0.2) is 42.7 Å². The van der Waals surface area contributed by atoms with Crippen molar-refractivity contribution in [3.8, 4) is 5.75 Å². The molecule has 1 aromatic carbocycles. The molecule has 1 amide bonds. The summed E-state index contributed by atoms with van der Waals surface area (Å²) in [5.41, 5.74) is 0. The molecule has 2 aromatic rings. The number of amides is 1. The Balaban J connectivity index is 1.36. The van der Waals surface area contributed by atoms with Gasteiger partial charge in [0.15, 0.2) is 0 Å². The molecule has 1 atom stereocenters. The maximum atomic E-state index is 12.8. The van der Waals surface area contributed by atoms with Crippen LogP contribution >= 0.6 is 0 Å². The largest absolute Gasteiger partial charge is 0.492 e. The highest BCUT2D eigenvalue weighted by Gasteiger charge is 2.26. The van der Waals surface area contributed by atoms with Crippen molar-refractivity contribution < 1.29 is 13.9 Å². The van der Waals surface area contributed by atoms with Gasteiger partial charge in [0.05, 0.1) is 19.6 Å². The summed E-state index contributed by atoms with van der Waals surface area (Å²) in [4.78, 5) is 14.3. The molecule has 1 fully saturated rings. The molecule has 6 nitrogen and oxygen atoms in total. The highest BCUT2D eigenvalue weighted by Crippen LogP contribution is 2.18. The third kappa shape index (κ3) is 5.29. The topological polar surface area (TPSA) is 59.4 Å². The summed E-state index contributed by atoms with van der Waals surface area (Å²) in [6, 6.07) is 8.10. The van der Waals surface area contributed by atoms with E-state index in [0.29, 0.717) is 31.5 Å². The number of likely N-dealkylation sites (tertiary alicyclic amines) is 1. The van der Waals surface area contributed by atoms with E-state index in [9.17, 15) is 9.18 Å². The quantitative estimate of drug-likeness (QED) is 0.739. The van der Waals surface area contributed by atoms with Gasteiger partial charge in [-0.1, -0.05) is 0 Å². The number of halogens is 1. The minimum Gasteiger partial charge on any atom is -0.492 e. The number of hydrogen-bond acceptors (Lipinski definition) is 4. The molecular formula is C18H23FN4O2. The molecule has 1 N–H and O–H groups in total. The Labute approximate surface area is 146 Å². The zero-order chi connectivity index (χ0) is 17.5. The zero-order valence-corrected chi connectivity index (χ0v) is 14.1. The first kappa shape index (κ1) is 17.4. The predicted molar refractivity (Wildman–Crippen MR) is 91.7 cm³/mol. The predicted octanol–water partition coefficient (Wildman–Crippen LogP) is 1.68. The van der Waals surface area contributed by atoms with Gasteiger partial charge in [-0.3, -0.25) is 14.4 Å². The average Bonchev–Trinajstić information content (AvgIpc) is 3.26. The number of carbonyl (C=O) groups excluding carboxylic acids is 1. The van der Waals surface area contributed by atoms with Gasteiger partial charge in [0.1, 0.15) is 18.2 Å². The number of carbonyl (C=O) groups is 1. The van der Waals surface area contributed by atoms with Crippen LogP contribution in [0.4, 0.5) is 4.39 Å². The fourth-order valence-corrected chi connectivity index (χ4v) is 3.06. The second-order valence-corrected chi connectivity index (χ2v) is 6.15. The van der Waals surface area contributed by atoms with Crippen LogP contribution in [0.2, 0.25) is 0 Å². The Morgan fingerprint density at radius 2 is 2.20 bits per heavy atom. The molecule has 0 radical (unpaired) electrons. The second-order valence-electron chi connectivity index (χ2n) is 6.15. The van der Waals surface area contributed by atoms with Crippen molar-refractivity contribution in [1.29, 1.82) is 0 Å². The van der Waals surface area contributed by atoms with Gasteiger partial charge < -0.3 is 10.1 Å². The number of rotatable bonds is 8. The lowest BCUT2D eigenvalue weighted by Crippen LogP contribution is -2.42. The van der Waals surface area contributed by atoms with E-state index in [4.69, 9.17) is 4.74 Å². The molecule has 1 aromatic heterocycles. The van der Waals surface area contributed by atoms with E-state index >= 15 is 0 Å². The van der Waals surface area contributed by atoms with Crippen LogP contribution in [0.3, 0.4) is 0 Å². The normalized spacial score (nSPS) is 17.6. The fraction of sp³-hybridized carbons (Fsp3) is 0.444. The van der Waals surface area contributed by atoms with Gasteiger partial charge in [-0.2, -0.15) is 5.10 Å². The molecule has 0 aliphatic carbocycles. The maximum Gasteiger partial charge on any atom is 0.234 e. The van der Waals surface area contributed by atoms with Crippen LogP contribution in [0.1, 0.15) is 12.8 Å². The third-order valence-electron chi connectivity index (χ3n) is 4.31. The first-order valence-electron chi connectivity index (χ1n) is 8.57. The molecular weight excluding hydrogens is 323 g/mol. The van der Waals surface area contributed by atoms with Crippen molar-refractivity contribution in [3.63, 3.8) is 0 Å². The van der Waals surface area contributed by atoms with E-state index in [2.05, 4.69) is 15.3 Å². The SMILES string of the molecule is O=C(CN1CCCC1Cn1cccn1)NCCOc1ccc(F)cc1. The van der Waals surface area contributed by atoms with Gasteiger partial charge in [0.2, 0.25) is 5.91 Å². The number of benzene rings is 1. The lowest BCUT2D eigenvalue weighted by atomic mass is 10.2. The summed E-state index contributed by atoms with van der Waals surface area (Å²) < 4.78 is 20.2. The molecule has 134 valence electrons. The van der Waals surface area contributed by atoms with Crippen LogP contribution < -0.4 is 10.1 Å². The first-order valence-corrected chi connectivity index (χ1v) is 8.57. The Hall–Kier alpha value is -2.41. The van der Waals surface area contributed by atoms with Gasteiger partial charge in [-0.05, 0) is 49.7 Å².